The van der Waals surface area contributed by atoms with E-state index < -0.39 is 0 Å². The van der Waals surface area contributed by atoms with Crippen molar-refractivity contribution in [1.82, 2.24) is 14.5 Å². The first-order valence-electron chi connectivity index (χ1n) is 11.8. The molecule has 1 N–H and O–H groups in total. The van der Waals surface area contributed by atoms with Crippen LogP contribution in [-0.2, 0) is 29.0 Å². The van der Waals surface area contributed by atoms with E-state index in [2.05, 4.69) is 16.4 Å². The summed E-state index contributed by atoms with van der Waals surface area (Å²) in [6, 6.07) is 9.88. The van der Waals surface area contributed by atoms with Gasteiger partial charge in [-0.15, -0.1) is 11.3 Å². The molecule has 2 amide bonds. The molecule has 188 valence electrons. The number of aryl methyl sites for hydroxylation is 1. The minimum absolute atomic E-state index is 0.0576. The Morgan fingerprint density at radius 3 is 2.86 bits per heavy atom. The molecule has 2 aromatic heterocycles. The first-order valence-corrected chi connectivity index (χ1v) is 12.6. The molecule has 1 aromatic carbocycles. The topological polar surface area (TPSA) is 109 Å². The van der Waals surface area contributed by atoms with Crippen LogP contribution < -0.4 is 10.1 Å². The van der Waals surface area contributed by atoms with E-state index >= 15 is 0 Å². The van der Waals surface area contributed by atoms with Gasteiger partial charge in [0.1, 0.15) is 23.4 Å². The summed E-state index contributed by atoms with van der Waals surface area (Å²) < 4.78 is 12.7. The van der Waals surface area contributed by atoms with E-state index in [1.165, 1.54) is 11.3 Å². The van der Waals surface area contributed by atoms with Gasteiger partial charge < -0.3 is 24.3 Å². The highest BCUT2D eigenvalue weighted by Crippen LogP contribution is 2.37. The van der Waals surface area contributed by atoms with Crippen LogP contribution >= 0.6 is 11.3 Å². The summed E-state index contributed by atoms with van der Waals surface area (Å²) in [7, 11) is 1.61. The van der Waals surface area contributed by atoms with Gasteiger partial charge in [-0.05, 0) is 36.5 Å². The number of imidazole rings is 1. The van der Waals surface area contributed by atoms with E-state index in [1.807, 2.05) is 48.9 Å². The molecule has 36 heavy (non-hydrogen) atoms. The molecule has 3 aromatic rings. The number of hydrogen-bond acceptors (Lipinski definition) is 7. The minimum Gasteiger partial charge on any atom is -0.496 e. The number of amides is 2. The number of aromatic nitrogens is 2. The Hall–Kier alpha value is -3.84. The van der Waals surface area contributed by atoms with Crippen molar-refractivity contribution in [3.05, 3.63) is 64.1 Å². The number of nitriles is 1. The van der Waals surface area contributed by atoms with Gasteiger partial charge in [-0.2, -0.15) is 5.26 Å². The predicted molar refractivity (Wildman–Crippen MR) is 136 cm³/mol. The van der Waals surface area contributed by atoms with Gasteiger partial charge in [-0.25, -0.2) is 9.78 Å². The van der Waals surface area contributed by atoms with E-state index in [-0.39, 0.29) is 30.9 Å². The molecule has 1 aliphatic rings. The Morgan fingerprint density at radius 2 is 2.14 bits per heavy atom. The van der Waals surface area contributed by atoms with Crippen LogP contribution in [0.25, 0.3) is 0 Å². The highest BCUT2D eigenvalue weighted by atomic mass is 32.1. The van der Waals surface area contributed by atoms with Gasteiger partial charge >= 0.3 is 6.09 Å². The molecule has 9 nitrogen and oxygen atoms in total. The number of carbonyl (C=O) groups is 2. The maximum atomic E-state index is 12.8. The third-order valence-corrected chi connectivity index (χ3v) is 7.31. The number of carbonyl (C=O) groups excluding carboxylic acids is 2. The van der Waals surface area contributed by atoms with Crippen LogP contribution in [0.5, 0.6) is 5.75 Å². The van der Waals surface area contributed by atoms with Gasteiger partial charge in [-0.1, -0.05) is 25.1 Å². The smallest absolute Gasteiger partial charge is 0.410 e. The van der Waals surface area contributed by atoms with E-state index in [0.29, 0.717) is 36.6 Å². The molecular formula is C26H29N5O4S. The van der Waals surface area contributed by atoms with Gasteiger partial charge in [0.05, 0.1) is 37.8 Å². The molecule has 0 saturated heterocycles. The number of ether oxygens (including phenoxy) is 2. The molecule has 0 aliphatic carbocycles. The van der Waals surface area contributed by atoms with Gasteiger partial charge in [0.25, 0.3) is 0 Å². The fourth-order valence-electron chi connectivity index (χ4n) is 4.33. The molecule has 0 unspecified atom stereocenters. The maximum absolute atomic E-state index is 12.8. The lowest BCUT2D eigenvalue weighted by Crippen LogP contribution is -2.36. The standard InChI is InChI=1S/C26H29N5O4S/c1-17(19-6-4-5-7-22(19)34-3)12-24(32)29-25-21(13-27)20-8-9-31(15-23(20)36-25)26(33)35-11-10-30-14-18(2)28-16-30/h4-7,14,16-17H,8-12,15H2,1-3H3,(H,29,32)/t17-/m0/s1. The van der Waals surface area contributed by atoms with E-state index in [9.17, 15) is 14.9 Å². The van der Waals surface area contributed by atoms with Crippen LogP contribution in [0.4, 0.5) is 9.80 Å². The van der Waals surface area contributed by atoms with Crippen molar-refractivity contribution in [2.75, 3.05) is 25.6 Å². The van der Waals surface area contributed by atoms with Crippen molar-refractivity contribution < 1.29 is 19.1 Å². The predicted octanol–water partition coefficient (Wildman–Crippen LogP) is 4.46. The monoisotopic (exact) mass is 507 g/mol. The Balaban J connectivity index is 1.36. The molecule has 0 saturated carbocycles. The Kier molecular flexibility index (Phi) is 7.90. The van der Waals surface area contributed by atoms with Crippen molar-refractivity contribution in [1.29, 1.82) is 5.26 Å². The second kappa shape index (κ2) is 11.3. The van der Waals surface area contributed by atoms with Crippen LogP contribution in [0, 0.1) is 18.3 Å². The fraction of sp³-hybridized carbons (Fsp3) is 0.385. The van der Waals surface area contributed by atoms with Crippen LogP contribution in [0.1, 0.15) is 46.5 Å². The summed E-state index contributed by atoms with van der Waals surface area (Å²) in [4.78, 5) is 32.1. The van der Waals surface area contributed by atoms with Crippen LogP contribution in [0.15, 0.2) is 36.8 Å². The normalized spacial score (nSPS) is 13.4. The van der Waals surface area contributed by atoms with Crippen molar-refractivity contribution in [2.45, 2.75) is 45.7 Å². The Labute approximate surface area is 214 Å². The molecule has 0 bridgehead atoms. The lowest BCUT2D eigenvalue weighted by atomic mass is 9.96. The largest absolute Gasteiger partial charge is 0.496 e. The fourth-order valence-corrected chi connectivity index (χ4v) is 5.56. The second-order valence-electron chi connectivity index (χ2n) is 8.75. The third kappa shape index (κ3) is 5.69. The molecule has 3 heterocycles. The lowest BCUT2D eigenvalue weighted by molar-refractivity contribution is -0.116. The number of para-hydroxylation sites is 1. The maximum Gasteiger partial charge on any atom is 0.410 e. The van der Waals surface area contributed by atoms with E-state index in [1.54, 1.807) is 18.3 Å². The minimum atomic E-state index is -0.388. The summed E-state index contributed by atoms with van der Waals surface area (Å²) in [6.45, 7) is 5.47. The molecule has 10 heteroatoms. The Bertz CT molecular complexity index is 1290. The third-order valence-electron chi connectivity index (χ3n) is 6.18. The number of fused-ring (bicyclic) bond motifs is 1. The number of rotatable bonds is 8. The first kappa shape index (κ1) is 25.3. The number of hydrogen-bond donors (Lipinski definition) is 1. The van der Waals surface area contributed by atoms with Crippen molar-refractivity contribution in [3.63, 3.8) is 0 Å². The number of nitrogens with zero attached hydrogens (tertiary/aromatic N) is 4. The highest BCUT2D eigenvalue weighted by molar-refractivity contribution is 7.16. The van der Waals surface area contributed by atoms with Gasteiger partial charge in [0, 0.05) is 24.0 Å². The van der Waals surface area contributed by atoms with Gasteiger partial charge in [0.15, 0.2) is 0 Å². The van der Waals surface area contributed by atoms with Gasteiger partial charge in [0.2, 0.25) is 5.91 Å². The second-order valence-corrected chi connectivity index (χ2v) is 9.86. The van der Waals surface area contributed by atoms with Crippen LogP contribution in [-0.4, -0.2) is 46.7 Å². The molecule has 0 fully saturated rings. The summed E-state index contributed by atoms with van der Waals surface area (Å²) in [5.74, 6) is 0.515. The summed E-state index contributed by atoms with van der Waals surface area (Å²) >= 11 is 1.35. The number of anilines is 1. The zero-order valence-electron chi connectivity index (χ0n) is 20.6. The van der Waals surface area contributed by atoms with E-state index in [4.69, 9.17) is 9.47 Å². The summed E-state index contributed by atoms with van der Waals surface area (Å²) in [5, 5.41) is 13.2. The van der Waals surface area contributed by atoms with Crippen molar-refractivity contribution >= 4 is 28.3 Å². The Morgan fingerprint density at radius 1 is 1.33 bits per heavy atom. The molecule has 1 atom stereocenters. The SMILES string of the molecule is COc1ccccc1[C@@H](C)CC(=O)Nc1sc2c(c1C#N)CCN(C(=O)OCCn1cnc(C)c1)C2. The van der Waals surface area contributed by atoms with Crippen molar-refractivity contribution in [3.8, 4) is 11.8 Å². The number of thiophene rings is 1. The number of methoxy groups -OCH3 is 1. The molecule has 0 radical (unpaired) electrons. The average molecular weight is 508 g/mol. The zero-order valence-corrected chi connectivity index (χ0v) is 21.4. The van der Waals surface area contributed by atoms with Crippen molar-refractivity contribution in [2.24, 2.45) is 0 Å². The molecule has 4 rings (SSSR count). The highest BCUT2D eigenvalue weighted by Gasteiger charge is 2.28. The summed E-state index contributed by atoms with van der Waals surface area (Å²) in [6.07, 6.45) is 4.00. The molecular weight excluding hydrogens is 478 g/mol. The summed E-state index contributed by atoms with van der Waals surface area (Å²) in [5.41, 5.74) is 3.25. The van der Waals surface area contributed by atoms with Crippen LogP contribution in [0.2, 0.25) is 0 Å². The molecule has 0 spiro atoms. The van der Waals surface area contributed by atoms with E-state index in [0.717, 1.165) is 27.4 Å². The lowest BCUT2D eigenvalue weighted by Gasteiger charge is -2.26. The number of benzene rings is 1. The molecule has 1 aliphatic heterocycles. The quantitative estimate of drug-likeness (QED) is 0.482. The van der Waals surface area contributed by atoms with Gasteiger partial charge in [-0.3, -0.25) is 4.79 Å². The number of nitrogens with one attached hydrogen (secondary N) is 1. The zero-order chi connectivity index (χ0) is 25.7. The average Bonchev–Trinajstić information content (AvgIpc) is 3.45. The first-order chi connectivity index (χ1) is 17.4. The van der Waals surface area contributed by atoms with Crippen LogP contribution in [0.3, 0.4) is 0 Å².